The molecule has 21 heavy (non-hydrogen) atoms. The molecule has 2 N–H and O–H groups in total. The fraction of sp³-hybridized carbons (Fsp3) is 0.500. The van der Waals surface area contributed by atoms with Crippen molar-refractivity contribution >= 4 is 17.0 Å². The number of hydrogen-bond acceptors (Lipinski definition) is 3. The van der Waals surface area contributed by atoms with Gasteiger partial charge in [-0.05, 0) is 37.1 Å². The Bertz CT molecular complexity index is 681. The van der Waals surface area contributed by atoms with Crippen LogP contribution in [-0.2, 0) is 6.18 Å². The van der Waals surface area contributed by atoms with Crippen molar-refractivity contribution in [1.82, 2.24) is 15.3 Å². The summed E-state index contributed by atoms with van der Waals surface area (Å²) in [5.74, 6) is 1.94. The number of halogens is 3. The summed E-state index contributed by atoms with van der Waals surface area (Å²) in [5, 5.41) is 3.28. The van der Waals surface area contributed by atoms with Gasteiger partial charge in [-0.1, -0.05) is 0 Å². The van der Waals surface area contributed by atoms with Crippen molar-refractivity contribution in [2.45, 2.75) is 12.2 Å². The second-order valence-electron chi connectivity index (χ2n) is 5.84. The van der Waals surface area contributed by atoms with Crippen molar-refractivity contribution in [1.29, 1.82) is 0 Å². The number of alkyl halides is 3. The van der Waals surface area contributed by atoms with Gasteiger partial charge in [0.05, 0.1) is 16.6 Å². The van der Waals surface area contributed by atoms with Crippen LogP contribution >= 0.6 is 0 Å². The molecule has 2 heterocycles. The van der Waals surface area contributed by atoms with E-state index in [0.717, 1.165) is 25.2 Å². The van der Waals surface area contributed by atoms with Crippen molar-refractivity contribution < 1.29 is 13.2 Å². The van der Waals surface area contributed by atoms with Crippen LogP contribution in [0.15, 0.2) is 18.2 Å². The molecule has 4 nitrogen and oxygen atoms in total. The molecule has 1 aliphatic carbocycles. The van der Waals surface area contributed by atoms with Crippen LogP contribution in [0.1, 0.15) is 5.56 Å². The van der Waals surface area contributed by atoms with Gasteiger partial charge in [0, 0.05) is 19.1 Å². The Morgan fingerprint density at radius 3 is 2.62 bits per heavy atom. The Labute approximate surface area is 119 Å². The minimum Gasteiger partial charge on any atom is -0.342 e. The number of benzene rings is 1. The van der Waals surface area contributed by atoms with Crippen LogP contribution in [0.4, 0.5) is 19.1 Å². The zero-order valence-electron chi connectivity index (χ0n) is 11.4. The van der Waals surface area contributed by atoms with E-state index in [0.29, 0.717) is 34.9 Å². The zero-order chi connectivity index (χ0) is 14.8. The number of rotatable bonds is 2. The fourth-order valence-corrected chi connectivity index (χ4v) is 3.45. The number of piperidine rings is 1. The number of hydrogen-bond donors (Lipinski definition) is 2. The molecule has 7 heteroatoms. The first-order valence-electron chi connectivity index (χ1n) is 6.96. The summed E-state index contributed by atoms with van der Waals surface area (Å²) >= 11 is 0. The molecule has 112 valence electrons. The van der Waals surface area contributed by atoms with Gasteiger partial charge < -0.3 is 15.2 Å². The summed E-state index contributed by atoms with van der Waals surface area (Å²) in [6.07, 6.45) is -4.32. The summed E-state index contributed by atoms with van der Waals surface area (Å²) in [5.41, 5.74) is 0.360. The van der Waals surface area contributed by atoms with Crippen molar-refractivity contribution in [2.24, 2.45) is 11.8 Å². The molecule has 1 aromatic carbocycles. The predicted molar refractivity (Wildman–Crippen MR) is 73.1 cm³/mol. The van der Waals surface area contributed by atoms with Gasteiger partial charge in [-0.15, -0.1) is 0 Å². The molecule has 0 radical (unpaired) electrons. The highest BCUT2D eigenvalue weighted by molar-refractivity contribution is 5.78. The second kappa shape index (κ2) is 4.13. The second-order valence-corrected chi connectivity index (χ2v) is 5.84. The van der Waals surface area contributed by atoms with Gasteiger partial charge in [-0.2, -0.15) is 13.2 Å². The molecule has 0 bridgehead atoms. The van der Waals surface area contributed by atoms with E-state index in [1.807, 2.05) is 7.05 Å². The molecule has 0 amide bonds. The van der Waals surface area contributed by atoms with Crippen molar-refractivity contribution in [3.63, 3.8) is 0 Å². The number of nitrogens with one attached hydrogen (secondary N) is 2. The molecule has 1 saturated carbocycles. The van der Waals surface area contributed by atoms with Crippen LogP contribution in [0, 0.1) is 11.8 Å². The average Bonchev–Trinajstić information content (AvgIpc) is 2.81. The molecular formula is C14H15F3N4. The Balaban J connectivity index is 1.60. The summed E-state index contributed by atoms with van der Waals surface area (Å²) in [7, 11) is 1.97. The average molecular weight is 296 g/mol. The summed E-state index contributed by atoms with van der Waals surface area (Å²) < 4.78 is 38.1. The monoisotopic (exact) mass is 296 g/mol. The van der Waals surface area contributed by atoms with Crippen LogP contribution in [0.2, 0.25) is 0 Å². The lowest BCUT2D eigenvalue weighted by atomic mass is 10.2. The van der Waals surface area contributed by atoms with E-state index < -0.39 is 11.7 Å². The van der Waals surface area contributed by atoms with Crippen LogP contribution in [0.25, 0.3) is 11.0 Å². The number of imidazole rings is 1. The SMILES string of the molecule is CNC1[C@H]2CN(c3nc4ccc(C(F)(F)F)cc4[nH]3)C[C@@H]12. The number of nitrogens with zero attached hydrogens (tertiary/aromatic N) is 2. The van der Waals surface area contributed by atoms with Crippen molar-refractivity contribution in [3.8, 4) is 0 Å². The third-order valence-electron chi connectivity index (χ3n) is 4.62. The Hall–Kier alpha value is -1.76. The number of aromatic nitrogens is 2. The fourth-order valence-electron chi connectivity index (χ4n) is 3.45. The third-order valence-corrected chi connectivity index (χ3v) is 4.62. The number of H-pyrrole nitrogens is 1. The molecule has 1 unspecified atom stereocenters. The number of aromatic amines is 1. The Morgan fingerprint density at radius 2 is 2.00 bits per heavy atom. The molecule has 3 atom stereocenters. The van der Waals surface area contributed by atoms with Crippen LogP contribution < -0.4 is 10.2 Å². The van der Waals surface area contributed by atoms with Crippen molar-refractivity contribution in [2.75, 3.05) is 25.0 Å². The molecule has 4 rings (SSSR count). The molecule has 0 spiro atoms. The molecule has 2 aromatic rings. The maximum absolute atomic E-state index is 12.7. The first kappa shape index (κ1) is 12.9. The molecular weight excluding hydrogens is 281 g/mol. The lowest BCUT2D eigenvalue weighted by molar-refractivity contribution is -0.137. The van der Waals surface area contributed by atoms with Gasteiger partial charge in [0.2, 0.25) is 5.95 Å². The highest BCUT2D eigenvalue weighted by Crippen LogP contribution is 2.46. The van der Waals surface area contributed by atoms with E-state index in [1.54, 1.807) is 0 Å². The Morgan fingerprint density at radius 1 is 1.29 bits per heavy atom. The minimum atomic E-state index is -4.32. The highest BCUT2D eigenvalue weighted by Gasteiger charge is 2.55. The summed E-state index contributed by atoms with van der Waals surface area (Å²) in [6.45, 7) is 1.81. The smallest absolute Gasteiger partial charge is 0.342 e. The van der Waals surface area contributed by atoms with Gasteiger partial charge in [-0.3, -0.25) is 0 Å². The molecule has 1 aromatic heterocycles. The molecule has 1 aliphatic heterocycles. The summed E-state index contributed by atoms with van der Waals surface area (Å²) in [4.78, 5) is 9.55. The van der Waals surface area contributed by atoms with E-state index in [-0.39, 0.29) is 0 Å². The first-order valence-corrected chi connectivity index (χ1v) is 6.96. The van der Waals surface area contributed by atoms with Gasteiger partial charge in [-0.25, -0.2) is 4.98 Å². The maximum atomic E-state index is 12.7. The van der Waals surface area contributed by atoms with Gasteiger partial charge in [0.25, 0.3) is 0 Å². The van der Waals surface area contributed by atoms with Crippen LogP contribution in [0.3, 0.4) is 0 Å². The van der Waals surface area contributed by atoms with E-state index in [1.165, 1.54) is 6.07 Å². The maximum Gasteiger partial charge on any atom is 0.416 e. The summed E-state index contributed by atoms with van der Waals surface area (Å²) in [6, 6.07) is 4.21. The molecule has 2 fully saturated rings. The normalized spacial score (nSPS) is 28.2. The Kier molecular flexibility index (Phi) is 2.54. The van der Waals surface area contributed by atoms with Crippen LogP contribution in [0.5, 0.6) is 0 Å². The van der Waals surface area contributed by atoms with Crippen LogP contribution in [-0.4, -0.2) is 36.1 Å². The topological polar surface area (TPSA) is 44.0 Å². The van der Waals surface area contributed by atoms with Gasteiger partial charge in [0.15, 0.2) is 0 Å². The quantitative estimate of drug-likeness (QED) is 0.893. The number of anilines is 1. The lowest BCUT2D eigenvalue weighted by Crippen LogP contribution is -2.30. The van der Waals surface area contributed by atoms with Crippen molar-refractivity contribution in [3.05, 3.63) is 23.8 Å². The molecule has 2 aliphatic rings. The third kappa shape index (κ3) is 1.98. The minimum absolute atomic E-state index is 0.436. The van der Waals surface area contributed by atoms with E-state index in [2.05, 4.69) is 20.2 Å². The number of fused-ring (bicyclic) bond motifs is 2. The standard InChI is InChI=1S/C14H15F3N4/c1-18-12-8-5-21(6-9(8)12)13-19-10-3-2-7(14(15,16)17)4-11(10)20-13/h2-4,8-9,12,18H,5-6H2,1H3,(H,19,20)/t8-,9+,12?. The van der Waals surface area contributed by atoms with E-state index >= 15 is 0 Å². The van der Waals surface area contributed by atoms with Gasteiger partial charge in [0.1, 0.15) is 0 Å². The highest BCUT2D eigenvalue weighted by atomic mass is 19.4. The van der Waals surface area contributed by atoms with Gasteiger partial charge >= 0.3 is 6.18 Å². The van der Waals surface area contributed by atoms with E-state index in [4.69, 9.17) is 0 Å². The molecule has 1 saturated heterocycles. The first-order chi connectivity index (χ1) is 9.97. The lowest BCUT2D eigenvalue weighted by Gasteiger charge is -2.18. The predicted octanol–water partition coefficient (Wildman–Crippen LogP) is 2.24. The van der Waals surface area contributed by atoms with E-state index in [9.17, 15) is 13.2 Å². The largest absolute Gasteiger partial charge is 0.416 e. The zero-order valence-corrected chi connectivity index (χ0v) is 11.4.